The lowest BCUT2D eigenvalue weighted by molar-refractivity contribution is 0.259. The minimum absolute atomic E-state index is 0.249. The average molecular weight is 392 g/mol. The molecule has 0 saturated carbocycles. The highest BCUT2D eigenvalue weighted by molar-refractivity contribution is 5.75. The maximum atomic E-state index is 8.81. The van der Waals surface area contributed by atoms with Crippen LogP contribution in [0.25, 0.3) is 11.3 Å². The predicted molar refractivity (Wildman–Crippen MR) is 105 cm³/mol. The van der Waals surface area contributed by atoms with Crippen molar-refractivity contribution in [3.63, 3.8) is 0 Å². The molecule has 1 fully saturated rings. The van der Waals surface area contributed by atoms with Crippen LogP contribution in [0.1, 0.15) is 12.1 Å². The zero-order valence-electron chi connectivity index (χ0n) is 15.8. The molecule has 4 rings (SSSR count). The number of nitriles is 1. The van der Waals surface area contributed by atoms with Crippen LogP contribution in [0.5, 0.6) is 11.5 Å². The standard InChI is InChI=1S/C19H20N8O2/c1-28-15-8-22-9-16(29-11-12-2-3-21-6-12)19(15)14-4-17(27-26-14)25-18-10-23-13(5-20)7-24-18/h4,7-10,12,21H,2-3,6,11H2,1H3,(H2,24,25,26,27)/t12-/m0/s1. The molecule has 148 valence electrons. The highest BCUT2D eigenvalue weighted by atomic mass is 16.5. The largest absolute Gasteiger partial charge is 0.494 e. The molecule has 1 saturated heterocycles. The molecule has 10 nitrogen and oxygen atoms in total. The fourth-order valence-corrected chi connectivity index (χ4v) is 3.11. The van der Waals surface area contributed by atoms with Crippen LogP contribution in [0.4, 0.5) is 11.6 Å². The van der Waals surface area contributed by atoms with Gasteiger partial charge in [-0.15, -0.1) is 0 Å². The molecule has 1 atom stereocenters. The number of hydrogen-bond acceptors (Lipinski definition) is 9. The van der Waals surface area contributed by atoms with E-state index in [1.54, 1.807) is 19.5 Å². The molecule has 0 amide bonds. The average Bonchev–Trinajstić information content (AvgIpc) is 3.44. The quantitative estimate of drug-likeness (QED) is 0.551. The Hall–Kier alpha value is -3.71. The van der Waals surface area contributed by atoms with Gasteiger partial charge in [0.2, 0.25) is 0 Å². The van der Waals surface area contributed by atoms with Crippen LogP contribution < -0.4 is 20.1 Å². The van der Waals surface area contributed by atoms with E-state index in [4.69, 9.17) is 14.7 Å². The summed E-state index contributed by atoms with van der Waals surface area (Å²) in [6.07, 6.45) is 7.28. The minimum Gasteiger partial charge on any atom is -0.494 e. The van der Waals surface area contributed by atoms with E-state index in [1.807, 2.05) is 12.1 Å². The number of rotatable bonds is 7. The summed E-state index contributed by atoms with van der Waals surface area (Å²) < 4.78 is 11.6. The molecule has 0 aromatic carbocycles. The van der Waals surface area contributed by atoms with Gasteiger partial charge >= 0.3 is 0 Å². The number of pyridine rings is 1. The highest BCUT2D eigenvalue weighted by Gasteiger charge is 2.20. The van der Waals surface area contributed by atoms with Crippen molar-refractivity contribution in [2.75, 3.05) is 32.1 Å². The van der Waals surface area contributed by atoms with Gasteiger partial charge in [-0.2, -0.15) is 10.4 Å². The third-order valence-corrected chi connectivity index (χ3v) is 4.60. The summed E-state index contributed by atoms with van der Waals surface area (Å²) in [5.41, 5.74) is 1.71. The number of methoxy groups -OCH3 is 1. The molecular weight excluding hydrogens is 372 g/mol. The minimum atomic E-state index is 0.249. The van der Waals surface area contributed by atoms with Gasteiger partial charge in [-0.05, 0) is 13.0 Å². The first kappa shape index (κ1) is 18.6. The van der Waals surface area contributed by atoms with E-state index in [0.717, 1.165) is 25.1 Å². The van der Waals surface area contributed by atoms with Crippen LogP contribution in [0, 0.1) is 17.2 Å². The smallest absolute Gasteiger partial charge is 0.158 e. The summed E-state index contributed by atoms with van der Waals surface area (Å²) in [4.78, 5) is 12.3. The number of nitrogens with zero attached hydrogens (tertiary/aromatic N) is 5. The number of aromatic amines is 1. The summed E-state index contributed by atoms with van der Waals surface area (Å²) in [7, 11) is 1.59. The third kappa shape index (κ3) is 4.25. The Morgan fingerprint density at radius 1 is 1.21 bits per heavy atom. The van der Waals surface area contributed by atoms with Crippen LogP contribution in [-0.4, -0.2) is 52.0 Å². The fraction of sp³-hybridized carbons (Fsp3) is 0.316. The van der Waals surface area contributed by atoms with Gasteiger partial charge in [0.05, 0.1) is 49.8 Å². The normalized spacial score (nSPS) is 15.7. The first-order valence-corrected chi connectivity index (χ1v) is 9.17. The predicted octanol–water partition coefficient (Wildman–Crippen LogP) is 1.87. The van der Waals surface area contributed by atoms with Crippen molar-refractivity contribution in [1.82, 2.24) is 30.5 Å². The maximum absolute atomic E-state index is 8.81. The van der Waals surface area contributed by atoms with E-state index in [0.29, 0.717) is 41.4 Å². The van der Waals surface area contributed by atoms with Gasteiger partial charge in [0.15, 0.2) is 17.3 Å². The van der Waals surface area contributed by atoms with Gasteiger partial charge in [0, 0.05) is 18.5 Å². The van der Waals surface area contributed by atoms with Crippen molar-refractivity contribution in [2.45, 2.75) is 6.42 Å². The van der Waals surface area contributed by atoms with E-state index < -0.39 is 0 Å². The van der Waals surface area contributed by atoms with E-state index in [9.17, 15) is 0 Å². The van der Waals surface area contributed by atoms with Crippen molar-refractivity contribution < 1.29 is 9.47 Å². The van der Waals surface area contributed by atoms with Crippen LogP contribution in [-0.2, 0) is 0 Å². The summed E-state index contributed by atoms with van der Waals surface area (Å²) in [6.45, 7) is 2.58. The van der Waals surface area contributed by atoms with E-state index in [2.05, 4.69) is 35.8 Å². The second-order valence-corrected chi connectivity index (χ2v) is 6.58. The summed E-state index contributed by atoms with van der Waals surface area (Å²) >= 11 is 0. The number of aromatic nitrogens is 5. The van der Waals surface area contributed by atoms with E-state index >= 15 is 0 Å². The van der Waals surface area contributed by atoms with Gasteiger partial charge < -0.3 is 20.1 Å². The molecular formula is C19H20N8O2. The van der Waals surface area contributed by atoms with Crippen LogP contribution in [0.2, 0.25) is 0 Å². The SMILES string of the molecule is COc1cncc(OC[C@H]2CCNC2)c1-c1cc(Nc2cnc(C#N)cn2)n[nH]1. The Bertz CT molecular complexity index is 1010. The number of H-pyrrole nitrogens is 1. The molecule has 0 unspecified atom stereocenters. The van der Waals surface area contributed by atoms with Crippen LogP contribution >= 0.6 is 0 Å². The molecule has 3 N–H and O–H groups in total. The van der Waals surface area contributed by atoms with E-state index in [-0.39, 0.29) is 5.69 Å². The Labute approximate surface area is 167 Å². The number of ether oxygens (including phenoxy) is 2. The third-order valence-electron chi connectivity index (χ3n) is 4.60. The Morgan fingerprint density at radius 2 is 2.10 bits per heavy atom. The van der Waals surface area contributed by atoms with Crippen LogP contribution in [0.3, 0.4) is 0 Å². The Kier molecular flexibility index (Phi) is 5.49. The topological polar surface area (TPSA) is 134 Å². The van der Waals surface area contributed by atoms with Gasteiger partial charge in [-0.3, -0.25) is 10.1 Å². The lowest BCUT2D eigenvalue weighted by atomic mass is 10.1. The molecule has 1 aliphatic heterocycles. The zero-order chi connectivity index (χ0) is 20.1. The molecule has 0 radical (unpaired) electrons. The summed E-state index contributed by atoms with van der Waals surface area (Å²) in [5, 5.41) is 22.5. The number of anilines is 2. The van der Waals surface area contributed by atoms with Gasteiger partial charge in [-0.1, -0.05) is 0 Å². The van der Waals surface area contributed by atoms with Crippen molar-refractivity contribution in [1.29, 1.82) is 5.26 Å². The Morgan fingerprint density at radius 3 is 2.83 bits per heavy atom. The Balaban J connectivity index is 1.56. The number of hydrogen-bond donors (Lipinski definition) is 3. The fourth-order valence-electron chi connectivity index (χ4n) is 3.11. The first-order chi connectivity index (χ1) is 14.3. The molecule has 3 aromatic rings. The van der Waals surface area contributed by atoms with Gasteiger partial charge in [-0.25, -0.2) is 9.97 Å². The summed E-state index contributed by atoms with van der Waals surface area (Å²) in [5.74, 6) is 2.71. The van der Waals surface area contributed by atoms with Crippen molar-refractivity contribution >= 4 is 11.6 Å². The van der Waals surface area contributed by atoms with Crippen molar-refractivity contribution in [3.8, 4) is 28.8 Å². The monoisotopic (exact) mass is 392 g/mol. The zero-order valence-corrected chi connectivity index (χ0v) is 15.8. The second kappa shape index (κ2) is 8.53. The summed E-state index contributed by atoms with van der Waals surface area (Å²) in [6, 6.07) is 3.75. The van der Waals surface area contributed by atoms with Crippen molar-refractivity contribution in [3.05, 3.63) is 36.5 Å². The van der Waals surface area contributed by atoms with Crippen LogP contribution in [0.15, 0.2) is 30.9 Å². The lowest BCUT2D eigenvalue weighted by Crippen LogP contribution is -2.16. The van der Waals surface area contributed by atoms with Gasteiger partial charge in [0.25, 0.3) is 0 Å². The molecule has 1 aliphatic rings. The van der Waals surface area contributed by atoms with Gasteiger partial charge in [0.1, 0.15) is 17.6 Å². The highest BCUT2D eigenvalue weighted by Crippen LogP contribution is 2.37. The molecule has 10 heteroatoms. The lowest BCUT2D eigenvalue weighted by Gasteiger charge is -2.15. The maximum Gasteiger partial charge on any atom is 0.158 e. The molecule has 29 heavy (non-hydrogen) atoms. The molecule has 0 spiro atoms. The number of nitrogens with one attached hydrogen (secondary N) is 3. The first-order valence-electron chi connectivity index (χ1n) is 9.17. The van der Waals surface area contributed by atoms with E-state index in [1.165, 1.54) is 12.4 Å². The molecule has 0 bridgehead atoms. The molecule has 0 aliphatic carbocycles. The van der Waals surface area contributed by atoms with Crippen molar-refractivity contribution in [2.24, 2.45) is 5.92 Å². The molecule has 4 heterocycles. The second-order valence-electron chi connectivity index (χ2n) is 6.58. The molecule has 3 aromatic heterocycles.